The Bertz CT molecular complexity index is 523. The van der Waals surface area contributed by atoms with E-state index in [1.54, 1.807) is 0 Å². The van der Waals surface area contributed by atoms with E-state index >= 15 is 0 Å². The fourth-order valence-electron chi connectivity index (χ4n) is 2.64. The van der Waals surface area contributed by atoms with Crippen molar-refractivity contribution in [3.05, 3.63) is 35.5 Å². The zero-order valence-corrected chi connectivity index (χ0v) is 12.0. The van der Waals surface area contributed by atoms with E-state index in [1.807, 2.05) is 7.05 Å². The molecule has 0 saturated carbocycles. The zero-order valence-electron chi connectivity index (χ0n) is 12.0. The second-order valence-electron chi connectivity index (χ2n) is 5.37. The van der Waals surface area contributed by atoms with Gasteiger partial charge in [0.15, 0.2) is 0 Å². The lowest BCUT2D eigenvalue weighted by molar-refractivity contribution is 0.582. The van der Waals surface area contributed by atoms with Crippen LogP contribution in [-0.2, 0) is 6.42 Å². The van der Waals surface area contributed by atoms with Gasteiger partial charge in [0.25, 0.3) is 0 Å². The van der Waals surface area contributed by atoms with Gasteiger partial charge in [-0.15, -0.1) is 0 Å². The maximum atomic E-state index is 3.22. The largest absolute Gasteiger partial charge is 0.342 e. The van der Waals surface area contributed by atoms with Gasteiger partial charge in [0.1, 0.15) is 0 Å². The molecule has 0 unspecified atom stereocenters. The van der Waals surface area contributed by atoms with Crippen molar-refractivity contribution in [2.45, 2.75) is 39.7 Å². The average Bonchev–Trinajstić information content (AvgIpc) is 2.67. The van der Waals surface area contributed by atoms with Gasteiger partial charge in [-0.1, -0.05) is 12.1 Å². The number of hydrogen-bond donors (Lipinski definition) is 1. The standard InChI is InChI=1S/C16H24N2/c1-12(2)18-15(6-5-9-17-4)11-14-8-7-13(3)10-16(14)18/h7-8,10-12,17H,5-6,9H2,1-4H3. The fraction of sp³-hybridized carbons (Fsp3) is 0.500. The molecule has 0 aliphatic heterocycles. The first kappa shape index (κ1) is 13.2. The summed E-state index contributed by atoms with van der Waals surface area (Å²) in [5, 5.41) is 4.59. The average molecular weight is 244 g/mol. The molecule has 1 aromatic carbocycles. The second-order valence-corrected chi connectivity index (χ2v) is 5.37. The number of rotatable bonds is 5. The molecule has 0 spiro atoms. The van der Waals surface area contributed by atoms with Crippen LogP contribution in [0.1, 0.15) is 37.6 Å². The highest BCUT2D eigenvalue weighted by Gasteiger charge is 2.11. The number of nitrogens with one attached hydrogen (secondary N) is 1. The van der Waals surface area contributed by atoms with E-state index in [-0.39, 0.29) is 0 Å². The molecule has 0 amide bonds. The molecule has 0 bridgehead atoms. The highest BCUT2D eigenvalue weighted by Crippen LogP contribution is 2.25. The molecule has 98 valence electrons. The third-order valence-electron chi connectivity index (χ3n) is 3.45. The monoisotopic (exact) mass is 244 g/mol. The molecule has 1 aromatic heterocycles. The van der Waals surface area contributed by atoms with Crippen molar-refractivity contribution in [2.24, 2.45) is 0 Å². The molecular formula is C16H24N2. The minimum atomic E-state index is 0.522. The Morgan fingerprint density at radius 1 is 1.22 bits per heavy atom. The molecule has 0 atom stereocenters. The van der Waals surface area contributed by atoms with Crippen molar-refractivity contribution in [3.8, 4) is 0 Å². The van der Waals surface area contributed by atoms with E-state index in [0.717, 1.165) is 13.0 Å². The van der Waals surface area contributed by atoms with Crippen LogP contribution in [0.3, 0.4) is 0 Å². The van der Waals surface area contributed by atoms with Gasteiger partial charge in [-0.25, -0.2) is 0 Å². The number of hydrogen-bond acceptors (Lipinski definition) is 1. The van der Waals surface area contributed by atoms with E-state index < -0.39 is 0 Å². The van der Waals surface area contributed by atoms with Crippen LogP contribution in [0.25, 0.3) is 10.9 Å². The Hall–Kier alpha value is -1.28. The van der Waals surface area contributed by atoms with Crippen molar-refractivity contribution in [2.75, 3.05) is 13.6 Å². The Morgan fingerprint density at radius 2 is 2.00 bits per heavy atom. The molecule has 2 nitrogen and oxygen atoms in total. The topological polar surface area (TPSA) is 17.0 Å². The summed E-state index contributed by atoms with van der Waals surface area (Å²) >= 11 is 0. The zero-order chi connectivity index (χ0) is 13.1. The highest BCUT2D eigenvalue weighted by atomic mass is 15.0. The first-order valence-corrected chi connectivity index (χ1v) is 6.88. The molecular weight excluding hydrogens is 220 g/mol. The molecule has 0 aliphatic rings. The third-order valence-corrected chi connectivity index (χ3v) is 3.45. The normalized spacial score (nSPS) is 11.6. The van der Waals surface area contributed by atoms with Crippen molar-refractivity contribution in [3.63, 3.8) is 0 Å². The van der Waals surface area contributed by atoms with Crippen LogP contribution in [-0.4, -0.2) is 18.2 Å². The summed E-state index contributed by atoms with van der Waals surface area (Å²) in [6.07, 6.45) is 2.34. The van der Waals surface area contributed by atoms with Gasteiger partial charge in [-0.2, -0.15) is 0 Å². The van der Waals surface area contributed by atoms with E-state index in [0.29, 0.717) is 6.04 Å². The first-order valence-electron chi connectivity index (χ1n) is 6.88. The molecule has 2 heteroatoms. The number of aromatic nitrogens is 1. The predicted molar refractivity (Wildman–Crippen MR) is 79.3 cm³/mol. The van der Waals surface area contributed by atoms with Gasteiger partial charge in [-0.05, 0) is 70.3 Å². The SMILES string of the molecule is CNCCCc1cc2ccc(C)cc2n1C(C)C. The molecule has 0 saturated heterocycles. The number of aryl methyl sites for hydroxylation is 2. The molecule has 1 heterocycles. The Balaban J connectivity index is 2.41. The van der Waals surface area contributed by atoms with E-state index in [9.17, 15) is 0 Å². The maximum absolute atomic E-state index is 3.22. The summed E-state index contributed by atoms with van der Waals surface area (Å²) in [4.78, 5) is 0. The van der Waals surface area contributed by atoms with Gasteiger partial charge in [0, 0.05) is 17.3 Å². The van der Waals surface area contributed by atoms with Gasteiger partial charge >= 0.3 is 0 Å². The first-order chi connectivity index (χ1) is 8.63. The summed E-state index contributed by atoms with van der Waals surface area (Å²) in [5.41, 5.74) is 4.18. The summed E-state index contributed by atoms with van der Waals surface area (Å²) in [6.45, 7) is 7.78. The van der Waals surface area contributed by atoms with Crippen LogP contribution in [0.15, 0.2) is 24.3 Å². The third kappa shape index (κ3) is 2.59. The summed E-state index contributed by atoms with van der Waals surface area (Å²) in [6, 6.07) is 9.62. The van der Waals surface area contributed by atoms with Crippen LogP contribution in [0, 0.1) is 6.92 Å². The molecule has 2 aromatic rings. The van der Waals surface area contributed by atoms with Crippen LogP contribution >= 0.6 is 0 Å². The summed E-state index contributed by atoms with van der Waals surface area (Å²) in [5.74, 6) is 0. The Labute approximate surface area is 110 Å². The van der Waals surface area contributed by atoms with Crippen LogP contribution in [0.2, 0.25) is 0 Å². The van der Waals surface area contributed by atoms with Crippen LogP contribution in [0.4, 0.5) is 0 Å². The number of benzene rings is 1. The minimum absolute atomic E-state index is 0.522. The minimum Gasteiger partial charge on any atom is -0.342 e. The summed E-state index contributed by atoms with van der Waals surface area (Å²) in [7, 11) is 2.02. The van der Waals surface area contributed by atoms with Crippen LogP contribution in [0.5, 0.6) is 0 Å². The maximum Gasteiger partial charge on any atom is 0.0487 e. The van der Waals surface area contributed by atoms with E-state index in [4.69, 9.17) is 0 Å². The van der Waals surface area contributed by atoms with E-state index in [2.05, 4.69) is 54.9 Å². The number of fused-ring (bicyclic) bond motifs is 1. The molecule has 1 N–H and O–H groups in total. The van der Waals surface area contributed by atoms with Gasteiger partial charge in [0.2, 0.25) is 0 Å². The lowest BCUT2D eigenvalue weighted by Gasteiger charge is -2.15. The van der Waals surface area contributed by atoms with Crippen molar-refractivity contribution >= 4 is 10.9 Å². The lowest BCUT2D eigenvalue weighted by atomic mass is 10.2. The lowest BCUT2D eigenvalue weighted by Crippen LogP contribution is -2.11. The Kier molecular flexibility index (Phi) is 4.07. The van der Waals surface area contributed by atoms with E-state index in [1.165, 1.54) is 28.6 Å². The number of nitrogens with zero attached hydrogens (tertiary/aromatic N) is 1. The highest BCUT2D eigenvalue weighted by molar-refractivity contribution is 5.82. The molecule has 0 aliphatic carbocycles. The van der Waals surface area contributed by atoms with Crippen molar-refractivity contribution < 1.29 is 0 Å². The molecule has 2 rings (SSSR count). The summed E-state index contributed by atoms with van der Waals surface area (Å²) < 4.78 is 2.48. The predicted octanol–water partition coefficient (Wildman–Crippen LogP) is 3.68. The Morgan fingerprint density at radius 3 is 2.67 bits per heavy atom. The molecule has 18 heavy (non-hydrogen) atoms. The van der Waals surface area contributed by atoms with Crippen molar-refractivity contribution in [1.29, 1.82) is 0 Å². The van der Waals surface area contributed by atoms with Crippen molar-refractivity contribution in [1.82, 2.24) is 9.88 Å². The van der Waals surface area contributed by atoms with Gasteiger partial charge < -0.3 is 9.88 Å². The van der Waals surface area contributed by atoms with Gasteiger partial charge in [-0.3, -0.25) is 0 Å². The van der Waals surface area contributed by atoms with Gasteiger partial charge in [0.05, 0.1) is 0 Å². The smallest absolute Gasteiger partial charge is 0.0487 e. The molecule has 0 fully saturated rings. The fourth-order valence-corrected chi connectivity index (χ4v) is 2.64. The van der Waals surface area contributed by atoms with Crippen LogP contribution < -0.4 is 5.32 Å². The quantitative estimate of drug-likeness (QED) is 0.794. The molecule has 0 radical (unpaired) electrons. The second kappa shape index (κ2) is 5.57.